The number of esters is 1. The summed E-state index contributed by atoms with van der Waals surface area (Å²) in [6, 6.07) is 13.6. The van der Waals surface area contributed by atoms with Crippen LogP contribution >= 0.6 is 35.3 Å². The number of amides is 2. The fourth-order valence-corrected chi connectivity index (χ4v) is 4.97. The lowest BCUT2D eigenvalue weighted by atomic mass is 10.1. The normalized spacial score (nSPS) is 12.3. The van der Waals surface area contributed by atoms with Crippen LogP contribution in [0.15, 0.2) is 62.8 Å². The van der Waals surface area contributed by atoms with E-state index in [1.807, 2.05) is 62.4 Å². The van der Waals surface area contributed by atoms with Gasteiger partial charge in [-0.25, -0.2) is 9.59 Å². The van der Waals surface area contributed by atoms with Gasteiger partial charge in [0.05, 0.1) is 7.11 Å². The highest BCUT2D eigenvalue weighted by Gasteiger charge is 2.29. The molecule has 2 rings (SSSR count). The van der Waals surface area contributed by atoms with Crippen molar-refractivity contribution in [1.29, 1.82) is 0 Å². The number of nitrogens with one attached hydrogen (secondary N) is 1. The minimum atomic E-state index is -4.48. The minimum Gasteiger partial charge on any atom is -0.467 e. The van der Waals surface area contributed by atoms with Gasteiger partial charge in [0.2, 0.25) is 0 Å². The molecule has 2 aromatic rings. The van der Waals surface area contributed by atoms with E-state index in [0.717, 1.165) is 24.7 Å². The molecule has 0 aliphatic carbocycles. The van der Waals surface area contributed by atoms with Gasteiger partial charge in [-0.3, -0.25) is 4.57 Å². The molecule has 0 fully saturated rings. The van der Waals surface area contributed by atoms with Gasteiger partial charge in [-0.15, -0.1) is 0 Å². The largest absolute Gasteiger partial charge is 0.467 e. The average Bonchev–Trinajstić information content (AvgIpc) is 2.73. The highest BCUT2D eigenvalue weighted by molar-refractivity contribution is 9.10. The van der Waals surface area contributed by atoms with Crippen molar-refractivity contribution in [3.05, 3.63) is 58.6 Å². The first-order valence-corrected chi connectivity index (χ1v) is 13.6. The van der Waals surface area contributed by atoms with Gasteiger partial charge in [0, 0.05) is 27.2 Å². The first-order valence-electron chi connectivity index (χ1n) is 10.2. The summed E-state index contributed by atoms with van der Waals surface area (Å²) in [4.78, 5) is 47.0. The van der Waals surface area contributed by atoms with Crippen molar-refractivity contribution in [3.63, 3.8) is 0 Å². The van der Waals surface area contributed by atoms with Crippen molar-refractivity contribution in [3.8, 4) is 0 Å². The Bertz CT molecular complexity index is 999. The van der Waals surface area contributed by atoms with Gasteiger partial charge < -0.3 is 24.7 Å². The van der Waals surface area contributed by atoms with Gasteiger partial charge >= 0.3 is 19.6 Å². The molecular weight excluding hydrogens is 531 g/mol. The predicted molar refractivity (Wildman–Crippen MR) is 131 cm³/mol. The summed E-state index contributed by atoms with van der Waals surface area (Å²) in [6.45, 7) is 3.78. The smallest absolute Gasteiger partial charge is 0.344 e. The molecule has 3 N–H and O–H groups in total. The topological polar surface area (TPSA) is 116 Å². The molecule has 8 nitrogen and oxygen atoms in total. The van der Waals surface area contributed by atoms with Crippen LogP contribution in [0.2, 0.25) is 0 Å². The molecular formula is C22H28BrN2O6PS. The van der Waals surface area contributed by atoms with E-state index in [0.29, 0.717) is 0 Å². The number of rotatable bonds is 10. The summed E-state index contributed by atoms with van der Waals surface area (Å²) in [5.41, 5.74) is 0.825. The van der Waals surface area contributed by atoms with Crippen LogP contribution in [0.1, 0.15) is 19.4 Å². The number of hydrogen-bond donors (Lipinski definition) is 3. The summed E-state index contributed by atoms with van der Waals surface area (Å²) < 4.78 is 17.4. The Labute approximate surface area is 206 Å². The van der Waals surface area contributed by atoms with Gasteiger partial charge in [0.1, 0.15) is 12.3 Å². The van der Waals surface area contributed by atoms with Crippen molar-refractivity contribution in [1.82, 2.24) is 10.2 Å². The van der Waals surface area contributed by atoms with Crippen LogP contribution in [0, 0.1) is 5.92 Å². The molecule has 0 aliphatic rings. The first-order chi connectivity index (χ1) is 15.5. The van der Waals surface area contributed by atoms with Crippen molar-refractivity contribution in [2.45, 2.75) is 36.1 Å². The molecule has 2 amide bonds. The molecule has 0 aromatic heterocycles. The number of carbonyl (C=O) groups is 2. The number of carbonyl (C=O) groups excluding carboxylic acids is 2. The maximum absolute atomic E-state index is 12.8. The summed E-state index contributed by atoms with van der Waals surface area (Å²) in [6.07, 6.45) is -0.579. The second-order valence-corrected chi connectivity index (χ2v) is 11.5. The van der Waals surface area contributed by atoms with Crippen molar-refractivity contribution < 1.29 is 28.7 Å². The molecule has 0 saturated heterocycles. The summed E-state index contributed by atoms with van der Waals surface area (Å²) in [5.74, 6) is -0.672. The fourth-order valence-electron chi connectivity index (χ4n) is 3.07. The zero-order valence-electron chi connectivity index (χ0n) is 18.6. The zero-order valence-corrected chi connectivity index (χ0v) is 21.9. The maximum atomic E-state index is 12.8. The average molecular weight is 559 g/mol. The zero-order chi connectivity index (χ0) is 24.6. The Morgan fingerprint density at radius 3 is 2.36 bits per heavy atom. The number of ether oxygens (including phenoxy) is 1. The van der Waals surface area contributed by atoms with Crippen molar-refractivity contribution >= 4 is 47.3 Å². The van der Waals surface area contributed by atoms with Gasteiger partial charge in [-0.1, -0.05) is 59.7 Å². The van der Waals surface area contributed by atoms with E-state index in [2.05, 4.69) is 21.2 Å². The molecule has 0 saturated carbocycles. The Balaban J connectivity index is 2.24. The molecule has 0 radical (unpaired) electrons. The molecule has 33 heavy (non-hydrogen) atoms. The van der Waals surface area contributed by atoms with E-state index < -0.39 is 31.9 Å². The number of methoxy groups -OCH3 is 1. The number of urea groups is 1. The lowest BCUT2D eigenvalue weighted by molar-refractivity contribution is -0.142. The second kappa shape index (κ2) is 12.6. The molecule has 0 unspecified atom stereocenters. The van der Waals surface area contributed by atoms with Crippen molar-refractivity contribution in [2.24, 2.45) is 5.92 Å². The number of hydrogen-bond acceptors (Lipinski definition) is 5. The molecule has 1 atom stereocenters. The Hall–Kier alpha value is -1.84. The highest BCUT2D eigenvalue weighted by Crippen LogP contribution is 2.35. The highest BCUT2D eigenvalue weighted by atomic mass is 79.9. The SMILES string of the molecule is COC(=O)[C@H](Cc1ccccc1Sc1ccc(Br)cc1)NC(=O)N(CC(C)C)CP(=O)(O)O. The van der Waals surface area contributed by atoms with Crippen LogP contribution in [0.5, 0.6) is 0 Å². The van der Waals surface area contributed by atoms with E-state index >= 15 is 0 Å². The standard InChI is InChI=1S/C22H28BrN2O6PS/c1-15(2)13-25(14-32(28,29)30)22(27)24-19(21(26)31-3)12-16-6-4-5-7-20(16)33-18-10-8-17(23)9-11-18/h4-11,15,19H,12-14H2,1-3H3,(H,24,27)(H2,28,29,30)/t19-/m0/s1. The number of benzene rings is 2. The lowest BCUT2D eigenvalue weighted by Crippen LogP contribution is -2.50. The van der Waals surface area contributed by atoms with Gasteiger partial charge in [0.15, 0.2) is 0 Å². The van der Waals surface area contributed by atoms with Crippen LogP contribution in [-0.2, 0) is 20.5 Å². The van der Waals surface area contributed by atoms with Crippen LogP contribution < -0.4 is 5.32 Å². The molecule has 0 spiro atoms. The Morgan fingerprint density at radius 2 is 1.79 bits per heavy atom. The number of halogens is 1. The van der Waals surface area contributed by atoms with Gasteiger partial charge in [-0.2, -0.15) is 0 Å². The van der Waals surface area contributed by atoms with E-state index in [1.165, 1.54) is 18.9 Å². The molecule has 180 valence electrons. The Morgan fingerprint density at radius 1 is 1.15 bits per heavy atom. The predicted octanol–water partition coefficient (Wildman–Crippen LogP) is 4.49. The maximum Gasteiger partial charge on any atom is 0.344 e. The van der Waals surface area contributed by atoms with Gasteiger partial charge in [-0.05, 0) is 41.8 Å². The minimum absolute atomic E-state index is 0.0260. The Kier molecular flexibility index (Phi) is 10.4. The third kappa shape index (κ3) is 9.51. The van der Waals surface area contributed by atoms with E-state index in [-0.39, 0.29) is 18.9 Å². The molecule has 0 heterocycles. The van der Waals surface area contributed by atoms with E-state index in [1.54, 1.807) is 0 Å². The van der Waals surface area contributed by atoms with Crippen LogP contribution in [-0.4, -0.2) is 52.7 Å². The number of nitrogens with zero attached hydrogens (tertiary/aromatic N) is 1. The van der Waals surface area contributed by atoms with Crippen LogP contribution in [0.4, 0.5) is 4.79 Å². The second-order valence-electron chi connectivity index (χ2n) is 7.82. The molecule has 2 aromatic carbocycles. The van der Waals surface area contributed by atoms with E-state index in [9.17, 15) is 23.9 Å². The van der Waals surface area contributed by atoms with Crippen molar-refractivity contribution in [2.75, 3.05) is 19.9 Å². The third-order valence-electron chi connectivity index (χ3n) is 4.45. The molecule has 0 bridgehead atoms. The monoisotopic (exact) mass is 558 g/mol. The lowest BCUT2D eigenvalue weighted by Gasteiger charge is -2.27. The first kappa shape index (κ1) is 27.4. The van der Waals surface area contributed by atoms with Crippen LogP contribution in [0.25, 0.3) is 0 Å². The molecule has 0 aliphatic heterocycles. The summed E-state index contributed by atoms with van der Waals surface area (Å²) in [7, 11) is -3.25. The van der Waals surface area contributed by atoms with Gasteiger partial charge in [0.25, 0.3) is 0 Å². The third-order valence-corrected chi connectivity index (χ3v) is 6.81. The van der Waals surface area contributed by atoms with Crippen LogP contribution in [0.3, 0.4) is 0 Å². The molecule has 11 heteroatoms. The quantitative estimate of drug-likeness (QED) is 0.290. The summed E-state index contributed by atoms with van der Waals surface area (Å²) in [5, 5.41) is 2.60. The van der Waals surface area contributed by atoms with E-state index in [4.69, 9.17) is 4.74 Å². The summed E-state index contributed by atoms with van der Waals surface area (Å²) >= 11 is 4.94. The fraction of sp³-hybridized carbons (Fsp3) is 0.364.